The van der Waals surface area contributed by atoms with Gasteiger partial charge in [0.25, 0.3) is 11.5 Å². The van der Waals surface area contributed by atoms with Gasteiger partial charge in [-0.15, -0.1) is 0 Å². The molecular weight excluding hydrogens is 460 g/mol. The lowest BCUT2D eigenvalue weighted by atomic mass is 10.1. The van der Waals surface area contributed by atoms with Crippen LogP contribution in [0, 0.1) is 0 Å². The highest BCUT2D eigenvalue weighted by atomic mass is 32.2. The molecule has 1 amide bonds. The van der Waals surface area contributed by atoms with Crippen molar-refractivity contribution in [3.8, 4) is 5.75 Å². The van der Waals surface area contributed by atoms with Crippen LogP contribution in [-0.4, -0.2) is 56.4 Å². The minimum atomic E-state index is -0.315. The SMILES string of the molecule is COc1ccc(CCN2C(=O)C(=Cc3c(NCCO)nc4ccccn4c3=O)SC2=S)cc1. The van der Waals surface area contributed by atoms with Gasteiger partial charge in [-0.05, 0) is 42.3 Å². The highest BCUT2D eigenvalue weighted by Gasteiger charge is 2.32. The molecule has 2 N–H and O–H groups in total. The zero-order chi connectivity index (χ0) is 23.4. The molecular formula is C23H22N4O4S2. The Hall–Kier alpha value is -3.21. The summed E-state index contributed by atoms with van der Waals surface area (Å²) in [6.45, 7) is 0.529. The molecule has 0 saturated carbocycles. The highest BCUT2D eigenvalue weighted by Crippen LogP contribution is 2.33. The maximum Gasteiger partial charge on any atom is 0.267 e. The summed E-state index contributed by atoms with van der Waals surface area (Å²) in [5.74, 6) is 0.834. The maximum atomic E-state index is 13.1. The molecule has 4 rings (SSSR count). The molecule has 3 heterocycles. The number of anilines is 1. The van der Waals surface area contributed by atoms with E-state index >= 15 is 0 Å². The Kier molecular flexibility index (Phi) is 7.07. The van der Waals surface area contributed by atoms with Crippen LogP contribution in [0.4, 0.5) is 5.82 Å². The Morgan fingerprint density at radius 1 is 1.21 bits per heavy atom. The number of hydrogen-bond acceptors (Lipinski definition) is 8. The number of rotatable bonds is 8. The first-order valence-electron chi connectivity index (χ1n) is 10.3. The fourth-order valence-electron chi connectivity index (χ4n) is 3.40. The predicted molar refractivity (Wildman–Crippen MR) is 134 cm³/mol. The zero-order valence-corrected chi connectivity index (χ0v) is 19.5. The van der Waals surface area contributed by atoms with Crippen LogP contribution in [0.15, 0.2) is 58.4 Å². The molecule has 0 aliphatic carbocycles. The molecule has 8 nitrogen and oxygen atoms in total. The number of hydrogen-bond donors (Lipinski definition) is 2. The smallest absolute Gasteiger partial charge is 0.267 e. The molecule has 170 valence electrons. The third kappa shape index (κ3) is 4.92. The van der Waals surface area contributed by atoms with Crippen molar-refractivity contribution in [3.63, 3.8) is 0 Å². The van der Waals surface area contributed by atoms with Crippen LogP contribution in [0.1, 0.15) is 11.1 Å². The third-order valence-corrected chi connectivity index (χ3v) is 6.48. The number of aliphatic hydroxyl groups excluding tert-OH is 1. The molecule has 10 heteroatoms. The number of amides is 1. The topological polar surface area (TPSA) is 96.2 Å². The largest absolute Gasteiger partial charge is 0.497 e. The Labute approximate surface area is 199 Å². The molecule has 0 unspecified atom stereocenters. The molecule has 0 spiro atoms. The van der Waals surface area contributed by atoms with Crippen molar-refractivity contribution >= 4 is 51.7 Å². The summed E-state index contributed by atoms with van der Waals surface area (Å²) in [5, 5.41) is 12.2. The lowest BCUT2D eigenvalue weighted by molar-refractivity contribution is -0.122. The lowest BCUT2D eigenvalue weighted by Gasteiger charge is -2.14. The van der Waals surface area contributed by atoms with Gasteiger partial charge in [-0.2, -0.15) is 0 Å². The first-order valence-corrected chi connectivity index (χ1v) is 11.5. The molecule has 33 heavy (non-hydrogen) atoms. The van der Waals surface area contributed by atoms with E-state index in [4.69, 9.17) is 17.0 Å². The summed E-state index contributed by atoms with van der Waals surface area (Å²) in [7, 11) is 1.61. The molecule has 0 radical (unpaired) electrons. The third-order valence-electron chi connectivity index (χ3n) is 5.11. The summed E-state index contributed by atoms with van der Waals surface area (Å²) in [6, 6.07) is 12.9. The van der Waals surface area contributed by atoms with E-state index in [1.54, 1.807) is 36.4 Å². The summed E-state index contributed by atoms with van der Waals surface area (Å²) in [5.41, 5.74) is 1.45. The van der Waals surface area contributed by atoms with Crippen LogP contribution in [-0.2, 0) is 11.2 Å². The number of carbonyl (C=O) groups is 1. The summed E-state index contributed by atoms with van der Waals surface area (Å²) < 4.78 is 7.04. The Balaban J connectivity index is 1.61. The summed E-state index contributed by atoms with van der Waals surface area (Å²) in [6.07, 6.45) is 3.78. The van der Waals surface area contributed by atoms with Gasteiger partial charge in [0.05, 0.1) is 24.2 Å². The van der Waals surface area contributed by atoms with Crippen molar-refractivity contribution in [1.82, 2.24) is 14.3 Å². The number of thiocarbonyl (C=S) groups is 1. The van der Waals surface area contributed by atoms with Crippen LogP contribution in [0.2, 0.25) is 0 Å². The van der Waals surface area contributed by atoms with Gasteiger partial charge < -0.3 is 15.2 Å². The first-order chi connectivity index (χ1) is 16.0. The van der Waals surface area contributed by atoms with Gasteiger partial charge in [-0.1, -0.05) is 42.2 Å². The average Bonchev–Trinajstić information content (AvgIpc) is 3.10. The van der Waals surface area contributed by atoms with E-state index < -0.39 is 0 Å². The second kappa shape index (κ2) is 10.2. The van der Waals surface area contributed by atoms with Crippen molar-refractivity contribution in [2.24, 2.45) is 0 Å². The van der Waals surface area contributed by atoms with Crippen molar-refractivity contribution in [2.45, 2.75) is 6.42 Å². The van der Waals surface area contributed by atoms with Gasteiger partial charge in [0, 0.05) is 19.3 Å². The van der Waals surface area contributed by atoms with Crippen molar-refractivity contribution in [1.29, 1.82) is 0 Å². The molecule has 1 aliphatic heterocycles. The quantitative estimate of drug-likeness (QED) is 0.374. The Morgan fingerprint density at radius 3 is 2.73 bits per heavy atom. The predicted octanol–water partition coefficient (Wildman–Crippen LogP) is 2.55. The van der Waals surface area contributed by atoms with Crippen molar-refractivity contribution in [2.75, 3.05) is 32.1 Å². The fraction of sp³-hybridized carbons (Fsp3) is 0.217. The number of pyridine rings is 1. The number of thioether (sulfide) groups is 1. The van der Waals surface area contributed by atoms with Crippen molar-refractivity contribution in [3.05, 3.63) is 75.0 Å². The number of methoxy groups -OCH3 is 1. The Morgan fingerprint density at radius 2 is 2.00 bits per heavy atom. The number of nitrogens with zero attached hydrogens (tertiary/aromatic N) is 3. The maximum absolute atomic E-state index is 13.1. The van der Waals surface area contributed by atoms with Gasteiger partial charge >= 0.3 is 0 Å². The van der Waals surface area contributed by atoms with E-state index in [-0.39, 0.29) is 30.2 Å². The van der Waals surface area contributed by atoms with Gasteiger partial charge in [-0.25, -0.2) is 4.98 Å². The van der Waals surface area contributed by atoms with Crippen LogP contribution >= 0.6 is 24.0 Å². The van der Waals surface area contributed by atoms with E-state index in [0.29, 0.717) is 33.7 Å². The van der Waals surface area contributed by atoms with Crippen LogP contribution in [0.25, 0.3) is 11.7 Å². The van der Waals surface area contributed by atoms with Gasteiger partial charge in [0.15, 0.2) is 0 Å². The Bertz CT molecular complexity index is 1290. The number of carbonyl (C=O) groups excluding carboxylic acids is 1. The normalized spacial score (nSPS) is 15.0. The second-order valence-electron chi connectivity index (χ2n) is 7.19. The van der Waals surface area contributed by atoms with E-state index in [2.05, 4.69) is 10.3 Å². The van der Waals surface area contributed by atoms with Crippen LogP contribution in [0.3, 0.4) is 0 Å². The molecule has 1 aromatic carbocycles. The van der Waals surface area contributed by atoms with Gasteiger partial charge in [-0.3, -0.25) is 18.9 Å². The zero-order valence-electron chi connectivity index (χ0n) is 17.9. The van der Waals surface area contributed by atoms with E-state index in [1.807, 2.05) is 24.3 Å². The molecule has 2 aromatic heterocycles. The molecule has 0 bridgehead atoms. The number of ether oxygens (including phenoxy) is 1. The molecule has 0 atom stereocenters. The summed E-state index contributed by atoms with van der Waals surface area (Å²) in [4.78, 5) is 32.6. The number of aromatic nitrogens is 2. The standard InChI is InChI=1S/C23H22N4O4S2/c1-31-16-7-5-15(6-8-16)9-12-27-22(30)18(33-23(27)32)14-17-20(24-10-13-28)25-19-4-2-3-11-26(19)21(17)29/h2-8,11,14,24,28H,9-10,12-13H2,1H3. The number of nitrogens with one attached hydrogen (secondary N) is 1. The van der Waals surface area contributed by atoms with Gasteiger partial charge in [0.2, 0.25) is 0 Å². The summed E-state index contributed by atoms with van der Waals surface area (Å²) >= 11 is 6.60. The van der Waals surface area contributed by atoms with E-state index in [0.717, 1.165) is 23.1 Å². The number of benzene rings is 1. The molecule has 1 aliphatic rings. The van der Waals surface area contributed by atoms with Crippen molar-refractivity contribution < 1.29 is 14.6 Å². The minimum absolute atomic E-state index is 0.122. The fourth-order valence-corrected chi connectivity index (χ4v) is 4.69. The lowest BCUT2D eigenvalue weighted by Crippen LogP contribution is -2.30. The molecule has 1 saturated heterocycles. The first kappa shape index (κ1) is 23.0. The van der Waals surface area contributed by atoms with Crippen LogP contribution in [0.5, 0.6) is 5.75 Å². The average molecular weight is 483 g/mol. The molecule has 3 aromatic rings. The number of fused-ring (bicyclic) bond motifs is 1. The van der Waals surface area contributed by atoms with Crippen LogP contribution < -0.4 is 15.6 Å². The molecule has 1 fully saturated rings. The number of aliphatic hydroxyl groups is 1. The highest BCUT2D eigenvalue weighted by molar-refractivity contribution is 8.26. The van der Waals surface area contributed by atoms with E-state index in [9.17, 15) is 14.7 Å². The minimum Gasteiger partial charge on any atom is -0.497 e. The van der Waals surface area contributed by atoms with Gasteiger partial charge in [0.1, 0.15) is 21.5 Å². The van der Waals surface area contributed by atoms with E-state index in [1.165, 1.54) is 10.5 Å². The second-order valence-corrected chi connectivity index (χ2v) is 8.87. The monoisotopic (exact) mass is 482 g/mol.